The number of nitrogens with zero attached hydrogens (tertiary/aromatic N) is 1. The fourth-order valence-corrected chi connectivity index (χ4v) is 4.22. The topological polar surface area (TPSA) is 66.5 Å². The largest absolute Gasteiger partial charge is 0.322 e. The molecule has 5 nitrogen and oxygen atoms in total. The van der Waals surface area contributed by atoms with E-state index in [1.807, 2.05) is 0 Å². The van der Waals surface area contributed by atoms with Gasteiger partial charge in [0.05, 0.1) is 4.90 Å². The van der Waals surface area contributed by atoms with Gasteiger partial charge in [0.25, 0.3) is 5.91 Å². The Morgan fingerprint density at radius 1 is 1.00 bits per heavy atom. The Morgan fingerprint density at radius 2 is 1.72 bits per heavy atom. The van der Waals surface area contributed by atoms with Gasteiger partial charge in [0.2, 0.25) is 10.0 Å². The third-order valence-corrected chi connectivity index (χ3v) is 5.87. The number of halogens is 2. The van der Waals surface area contributed by atoms with Gasteiger partial charge in [-0.05, 0) is 49.2 Å². The summed E-state index contributed by atoms with van der Waals surface area (Å²) in [6, 6.07) is 8.66. The van der Waals surface area contributed by atoms with Crippen LogP contribution in [0.1, 0.15) is 23.2 Å². The molecule has 2 aromatic carbocycles. The van der Waals surface area contributed by atoms with Gasteiger partial charge in [0.15, 0.2) is 11.6 Å². The van der Waals surface area contributed by atoms with E-state index in [0.717, 1.165) is 31.0 Å². The van der Waals surface area contributed by atoms with E-state index in [1.54, 1.807) is 0 Å². The van der Waals surface area contributed by atoms with Crippen molar-refractivity contribution < 1.29 is 22.0 Å². The van der Waals surface area contributed by atoms with Crippen LogP contribution in [0.4, 0.5) is 14.5 Å². The zero-order chi connectivity index (χ0) is 18.0. The van der Waals surface area contributed by atoms with E-state index in [1.165, 1.54) is 28.6 Å². The molecule has 0 aliphatic carbocycles. The molecule has 1 aliphatic rings. The molecule has 8 heteroatoms. The molecular formula is C17H16F2N2O3S. The van der Waals surface area contributed by atoms with Crippen molar-refractivity contribution in [1.82, 2.24) is 4.31 Å². The van der Waals surface area contributed by atoms with Crippen LogP contribution in [0.15, 0.2) is 47.4 Å². The Morgan fingerprint density at radius 3 is 2.40 bits per heavy atom. The Balaban J connectivity index is 1.82. The monoisotopic (exact) mass is 366 g/mol. The number of nitrogens with one attached hydrogen (secondary N) is 1. The van der Waals surface area contributed by atoms with E-state index in [0.29, 0.717) is 13.1 Å². The molecule has 1 aliphatic heterocycles. The highest BCUT2D eigenvalue weighted by atomic mass is 32.2. The van der Waals surface area contributed by atoms with Crippen molar-refractivity contribution in [2.45, 2.75) is 17.7 Å². The molecule has 0 atom stereocenters. The van der Waals surface area contributed by atoms with Crippen molar-refractivity contribution in [3.05, 3.63) is 59.7 Å². The number of carbonyl (C=O) groups is 1. The first kappa shape index (κ1) is 17.5. The molecule has 3 rings (SSSR count). The average Bonchev–Trinajstić information content (AvgIpc) is 3.13. The zero-order valence-corrected chi connectivity index (χ0v) is 14.0. The van der Waals surface area contributed by atoms with E-state index in [2.05, 4.69) is 5.32 Å². The molecule has 1 heterocycles. The van der Waals surface area contributed by atoms with Crippen LogP contribution in [0.2, 0.25) is 0 Å². The normalized spacial score (nSPS) is 15.3. The van der Waals surface area contributed by atoms with Crippen molar-refractivity contribution in [1.29, 1.82) is 0 Å². The minimum absolute atomic E-state index is 0.0632. The van der Waals surface area contributed by atoms with Gasteiger partial charge in [-0.15, -0.1) is 0 Å². The summed E-state index contributed by atoms with van der Waals surface area (Å²) in [7, 11) is -3.60. The van der Waals surface area contributed by atoms with Gasteiger partial charge in [0.1, 0.15) is 0 Å². The number of hydrogen-bond acceptors (Lipinski definition) is 3. The first-order valence-corrected chi connectivity index (χ1v) is 9.18. The third-order valence-electron chi connectivity index (χ3n) is 3.98. The highest BCUT2D eigenvalue weighted by Gasteiger charge is 2.27. The fourth-order valence-electron chi connectivity index (χ4n) is 2.65. The van der Waals surface area contributed by atoms with Crippen molar-refractivity contribution in [3.8, 4) is 0 Å². The molecule has 1 N–H and O–H groups in total. The molecule has 1 saturated heterocycles. The number of rotatable bonds is 4. The van der Waals surface area contributed by atoms with Crippen molar-refractivity contribution in [2.24, 2.45) is 0 Å². The molecule has 0 unspecified atom stereocenters. The lowest BCUT2D eigenvalue weighted by atomic mass is 10.2. The maximum Gasteiger partial charge on any atom is 0.255 e. The van der Waals surface area contributed by atoms with Crippen LogP contribution in [-0.4, -0.2) is 31.7 Å². The number of benzene rings is 2. The molecule has 0 radical (unpaired) electrons. The predicted octanol–water partition coefficient (Wildman–Crippen LogP) is 3.00. The van der Waals surface area contributed by atoms with E-state index in [4.69, 9.17) is 0 Å². The van der Waals surface area contributed by atoms with Crippen LogP contribution in [0.25, 0.3) is 0 Å². The number of hydrogen-bond donors (Lipinski definition) is 1. The Hall–Kier alpha value is -2.32. The highest BCUT2D eigenvalue weighted by molar-refractivity contribution is 7.89. The summed E-state index contributed by atoms with van der Waals surface area (Å²) in [6.07, 6.45) is 1.65. The van der Waals surface area contributed by atoms with Gasteiger partial charge < -0.3 is 5.32 Å². The summed E-state index contributed by atoms with van der Waals surface area (Å²) in [5, 5.41) is 2.50. The number of anilines is 1. The van der Waals surface area contributed by atoms with E-state index in [-0.39, 0.29) is 16.1 Å². The van der Waals surface area contributed by atoms with Crippen molar-refractivity contribution in [3.63, 3.8) is 0 Å². The number of carbonyl (C=O) groups excluding carboxylic acids is 1. The van der Waals surface area contributed by atoms with E-state index >= 15 is 0 Å². The molecule has 1 fully saturated rings. The Bertz CT molecular complexity index is 910. The SMILES string of the molecule is O=C(Nc1cccc(S(=O)(=O)N2CCCC2)c1)c1ccc(F)c(F)c1. The number of sulfonamides is 1. The average molecular weight is 366 g/mol. The zero-order valence-electron chi connectivity index (χ0n) is 13.2. The maximum atomic E-state index is 13.2. The minimum Gasteiger partial charge on any atom is -0.322 e. The molecule has 0 saturated carbocycles. The Kier molecular flexibility index (Phi) is 4.82. The summed E-state index contributed by atoms with van der Waals surface area (Å²) in [5.41, 5.74) is 0.196. The van der Waals surface area contributed by atoms with Crippen LogP contribution in [0.5, 0.6) is 0 Å². The Labute approximate surface area is 144 Å². The molecule has 0 spiro atoms. The van der Waals surface area contributed by atoms with Gasteiger partial charge in [0, 0.05) is 24.3 Å². The maximum absolute atomic E-state index is 13.2. The van der Waals surface area contributed by atoms with Crippen LogP contribution < -0.4 is 5.32 Å². The molecule has 0 aromatic heterocycles. The van der Waals surface area contributed by atoms with E-state index in [9.17, 15) is 22.0 Å². The van der Waals surface area contributed by atoms with Gasteiger partial charge in [-0.25, -0.2) is 17.2 Å². The van der Waals surface area contributed by atoms with Gasteiger partial charge in [-0.3, -0.25) is 4.79 Å². The second kappa shape index (κ2) is 6.89. The molecule has 0 bridgehead atoms. The lowest BCUT2D eigenvalue weighted by Gasteiger charge is -2.16. The van der Waals surface area contributed by atoms with Gasteiger partial charge in [-0.1, -0.05) is 6.07 Å². The molecule has 132 valence electrons. The summed E-state index contributed by atoms with van der Waals surface area (Å²) in [5.74, 6) is -2.83. The van der Waals surface area contributed by atoms with Crippen LogP contribution >= 0.6 is 0 Å². The first-order chi connectivity index (χ1) is 11.9. The van der Waals surface area contributed by atoms with Crippen LogP contribution in [0.3, 0.4) is 0 Å². The van der Waals surface area contributed by atoms with Crippen LogP contribution in [-0.2, 0) is 10.0 Å². The first-order valence-electron chi connectivity index (χ1n) is 7.74. The van der Waals surface area contributed by atoms with Gasteiger partial charge >= 0.3 is 0 Å². The van der Waals surface area contributed by atoms with Crippen molar-refractivity contribution >= 4 is 21.6 Å². The molecular weight excluding hydrogens is 350 g/mol. The molecule has 25 heavy (non-hydrogen) atoms. The molecule has 1 amide bonds. The fraction of sp³-hybridized carbons (Fsp3) is 0.235. The summed E-state index contributed by atoms with van der Waals surface area (Å²) >= 11 is 0. The van der Waals surface area contributed by atoms with Crippen LogP contribution in [0, 0.1) is 11.6 Å². The minimum atomic E-state index is -3.60. The third kappa shape index (κ3) is 3.69. The lowest BCUT2D eigenvalue weighted by molar-refractivity contribution is 0.102. The van der Waals surface area contributed by atoms with Crippen molar-refractivity contribution in [2.75, 3.05) is 18.4 Å². The quantitative estimate of drug-likeness (QED) is 0.905. The summed E-state index contributed by atoms with van der Waals surface area (Å²) < 4.78 is 52.7. The molecule has 2 aromatic rings. The summed E-state index contributed by atoms with van der Waals surface area (Å²) in [4.78, 5) is 12.2. The van der Waals surface area contributed by atoms with E-state index < -0.39 is 27.6 Å². The highest BCUT2D eigenvalue weighted by Crippen LogP contribution is 2.23. The summed E-state index contributed by atoms with van der Waals surface area (Å²) in [6.45, 7) is 0.960. The lowest BCUT2D eigenvalue weighted by Crippen LogP contribution is -2.27. The standard InChI is InChI=1S/C17H16F2N2O3S/c18-15-7-6-12(10-16(15)19)17(22)20-13-4-3-5-14(11-13)25(23,24)21-8-1-2-9-21/h3-7,10-11H,1-2,8-9H2,(H,20,22). The predicted molar refractivity (Wildman–Crippen MR) is 88.7 cm³/mol. The second-order valence-corrected chi connectivity index (χ2v) is 7.66. The van der Waals surface area contributed by atoms with Gasteiger partial charge in [-0.2, -0.15) is 4.31 Å². The second-order valence-electron chi connectivity index (χ2n) is 5.72. The number of amides is 1. The smallest absolute Gasteiger partial charge is 0.255 e.